The summed E-state index contributed by atoms with van der Waals surface area (Å²) in [7, 11) is 0. The van der Waals surface area contributed by atoms with Gasteiger partial charge in [0, 0.05) is 48.3 Å². The van der Waals surface area contributed by atoms with Crippen LogP contribution in [0.25, 0.3) is 5.70 Å². The lowest BCUT2D eigenvalue weighted by atomic mass is 10.2. The Labute approximate surface area is 140 Å². The van der Waals surface area contributed by atoms with Crippen molar-refractivity contribution in [3.63, 3.8) is 0 Å². The normalized spacial score (nSPS) is 11.1. The number of ether oxygens (including phenoxy) is 1. The summed E-state index contributed by atoms with van der Waals surface area (Å²) in [5.41, 5.74) is 9.41. The summed E-state index contributed by atoms with van der Waals surface area (Å²) >= 11 is 0. The predicted molar refractivity (Wildman–Crippen MR) is 93.3 cm³/mol. The van der Waals surface area contributed by atoms with Crippen molar-refractivity contribution in [3.05, 3.63) is 78.5 Å². The number of pyridine rings is 1. The topological polar surface area (TPSA) is 86.0 Å². The molecule has 2 aromatic heterocycles. The minimum atomic E-state index is 0.310. The molecule has 24 heavy (non-hydrogen) atoms. The van der Waals surface area contributed by atoms with Gasteiger partial charge < -0.3 is 15.8 Å². The van der Waals surface area contributed by atoms with Crippen molar-refractivity contribution in [2.75, 3.05) is 5.32 Å². The molecular weight excluding hydrogens is 302 g/mol. The van der Waals surface area contributed by atoms with E-state index in [4.69, 9.17) is 10.5 Å². The summed E-state index contributed by atoms with van der Waals surface area (Å²) in [6.07, 6.45) is 8.42. The maximum Gasteiger partial charge on any atom is 0.321 e. The average Bonchev–Trinajstić information content (AvgIpc) is 2.63. The zero-order valence-electron chi connectivity index (χ0n) is 13.2. The van der Waals surface area contributed by atoms with Crippen molar-refractivity contribution in [1.82, 2.24) is 15.0 Å². The third-order valence-electron chi connectivity index (χ3n) is 3.34. The van der Waals surface area contributed by atoms with E-state index in [-0.39, 0.29) is 0 Å². The third-order valence-corrected chi connectivity index (χ3v) is 3.34. The van der Waals surface area contributed by atoms with Crippen molar-refractivity contribution < 1.29 is 4.74 Å². The SMILES string of the molecule is Cc1ccc(N/C=C(\N)c2ccncc2)cc1Oc1ncccn1. The first kappa shape index (κ1) is 15.5. The molecule has 0 aliphatic rings. The van der Waals surface area contributed by atoms with E-state index in [1.165, 1.54) is 0 Å². The van der Waals surface area contributed by atoms with Crippen LogP contribution in [-0.2, 0) is 0 Å². The van der Waals surface area contributed by atoms with Crippen LogP contribution < -0.4 is 15.8 Å². The number of aromatic nitrogens is 3. The first-order chi connectivity index (χ1) is 11.7. The Morgan fingerprint density at radius 2 is 1.83 bits per heavy atom. The summed E-state index contributed by atoms with van der Waals surface area (Å²) in [5, 5.41) is 3.17. The van der Waals surface area contributed by atoms with Crippen LogP contribution >= 0.6 is 0 Å². The van der Waals surface area contributed by atoms with E-state index in [0.717, 1.165) is 16.8 Å². The van der Waals surface area contributed by atoms with Crippen molar-refractivity contribution in [3.8, 4) is 11.8 Å². The van der Waals surface area contributed by atoms with Gasteiger partial charge in [-0.2, -0.15) is 0 Å². The van der Waals surface area contributed by atoms with Crippen molar-refractivity contribution in [2.45, 2.75) is 6.92 Å². The number of rotatable bonds is 5. The molecule has 120 valence electrons. The average molecular weight is 319 g/mol. The van der Waals surface area contributed by atoms with Gasteiger partial charge in [0.2, 0.25) is 0 Å². The highest BCUT2D eigenvalue weighted by Gasteiger charge is 2.05. The van der Waals surface area contributed by atoms with Gasteiger partial charge in [0.15, 0.2) is 0 Å². The van der Waals surface area contributed by atoms with E-state index in [2.05, 4.69) is 20.3 Å². The highest BCUT2D eigenvalue weighted by atomic mass is 16.5. The molecule has 0 radical (unpaired) electrons. The largest absolute Gasteiger partial charge is 0.424 e. The van der Waals surface area contributed by atoms with Gasteiger partial charge in [-0.3, -0.25) is 4.98 Å². The second-order valence-electron chi connectivity index (χ2n) is 5.09. The van der Waals surface area contributed by atoms with Crippen molar-refractivity contribution >= 4 is 11.4 Å². The second kappa shape index (κ2) is 7.23. The van der Waals surface area contributed by atoms with Gasteiger partial charge in [-0.15, -0.1) is 0 Å². The molecule has 0 aliphatic heterocycles. The number of nitrogens with zero attached hydrogens (tertiary/aromatic N) is 3. The Hall–Kier alpha value is -3.41. The molecule has 6 heteroatoms. The van der Waals surface area contributed by atoms with Gasteiger partial charge in [-0.05, 0) is 36.8 Å². The summed E-state index contributed by atoms with van der Waals surface area (Å²) < 4.78 is 5.72. The molecule has 0 bridgehead atoms. The number of nitrogens with two attached hydrogens (primary N) is 1. The van der Waals surface area contributed by atoms with Crippen LogP contribution in [0, 0.1) is 6.92 Å². The quantitative estimate of drug-likeness (QED) is 0.750. The molecule has 0 amide bonds. The first-order valence-corrected chi connectivity index (χ1v) is 7.40. The zero-order chi connectivity index (χ0) is 16.8. The van der Waals surface area contributed by atoms with Gasteiger partial charge in [0.05, 0.1) is 5.70 Å². The number of hydrogen-bond donors (Lipinski definition) is 2. The van der Waals surface area contributed by atoms with Crippen molar-refractivity contribution in [2.24, 2.45) is 5.73 Å². The molecule has 0 spiro atoms. The molecule has 3 aromatic rings. The fraction of sp³-hybridized carbons (Fsp3) is 0.0556. The molecule has 0 unspecified atom stereocenters. The molecule has 3 rings (SSSR count). The van der Waals surface area contributed by atoms with Crippen LogP contribution in [0.2, 0.25) is 0 Å². The predicted octanol–water partition coefficient (Wildman–Crippen LogP) is 3.34. The maximum atomic E-state index is 6.05. The van der Waals surface area contributed by atoms with E-state index in [9.17, 15) is 0 Å². The van der Waals surface area contributed by atoms with E-state index in [0.29, 0.717) is 17.5 Å². The molecule has 0 atom stereocenters. The molecule has 6 nitrogen and oxygen atoms in total. The Bertz CT molecular complexity index is 835. The smallest absolute Gasteiger partial charge is 0.321 e. The molecule has 0 aliphatic carbocycles. The van der Waals surface area contributed by atoms with Crippen LogP contribution in [0.4, 0.5) is 5.69 Å². The fourth-order valence-corrected chi connectivity index (χ4v) is 2.03. The molecule has 1 aromatic carbocycles. The highest BCUT2D eigenvalue weighted by Crippen LogP contribution is 2.26. The lowest BCUT2D eigenvalue weighted by Gasteiger charge is -2.10. The molecular formula is C18H17N5O. The lowest BCUT2D eigenvalue weighted by molar-refractivity contribution is 0.439. The van der Waals surface area contributed by atoms with Crippen LogP contribution in [0.3, 0.4) is 0 Å². The van der Waals surface area contributed by atoms with Crippen LogP contribution in [0.5, 0.6) is 11.8 Å². The fourth-order valence-electron chi connectivity index (χ4n) is 2.03. The van der Waals surface area contributed by atoms with Gasteiger partial charge >= 0.3 is 6.01 Å². The van der Waals surface area contributed by atoms with Gasteiger partial charge in [-0.1, -0.05) is 6.07 Å². The summed E-state index contributed by atoms with van der Waals surface area (Å²) in [6, 6.07) is 11.5. The Morgan fingerprint density at radius 1 is 1.08 bits per heavy atom. The number of anilines is 1. The highest BCUT2D eigenvalue weighted by molar-refractivity contribution is 5.65. The summed E-state index contributed by atoms with van der Waals surface area (Å²) in [6.45, 7) is 1.96. The van der Waals surface area contributed by atoms with E-state index < -0.39 is 0 Å². The van der Waals surface area contributed by atoms with Gasteiger partial charge in [0.25, 0.3) is 0 Å². The number of aryl methyl sites for hydroxylation is 1. The van der Waals surface area contributed by atoms with E-state index >= 15 is 0 Å². The Balaban J connectivity index is 1.76. The number of benzene rings is 1. The van der Waals surface area contributed by atoms with Gasteiger partial charge in [0.1, 0.15) is 5.75 Å². The standard InChI is InChI=1S/C18H17N5O/c1-13-3-4-15(11-17(13)24-18-21-7-2-8-22-18)23-12-16(19)14-5-9-20-10-6-14/h2-12,23H,19H2,1H3/b16-12-. The van der Waals surface area contributed by atoms with Crippen LogP contribution in [-0.4, -0.2) is 15.0 Å². The molecule has 0 saturated carbocycles. The Kier molecular flexibility index (Phi) is 4.67. The van der Waals surface area contributed by atoms with Crippen LogP contribution in [0.1, 0.15) is 11.1 Å². The molecule has 0 saturated heterocycles. The molecule has 3 N–H and O–H groups in total. The molecule has 0 fully saturated rings. The third kappa shape index (κ3) is 3.86. The van der Waals surface area contributed by atoms with E-state index in [1.807, 2.05) is 37.3 Å². The number of nitrogens with one attached hydrogen (secondary N) is 1. The number of hydrogen-bond acceptors (Lipinski definition) is 6. The monoisotopic (exact) mass is 319 g/mol. The van der Waals surface area contributed by atoms with E-state index in [1.54, 1.807) is 37.1 Å². The first-order valence-electron chi connectivity index (χ1n) is 7.40. The summed E-state index contributed by atoms with van der Waals surface area (Å²) in [4.78, 5) is 12.1. The minimum Gasteiger partial charge on any atom is -0.424 e. The van der Waals surface area contributed by atoms with Gasteiger partial charge in [-0.25, -0.2) is 9.97 Å². The second-order valence-corrected chi connectivity index (χ2v) is 5.09. The lowest BCUT2D eigenvalue weighted by Crippen LogP contribution is -2.01. The van der Waals surface area contributed by atoms with Crippen LogP contribution in [0.15, 0.2) is 67.4 Å². The maximum absolute atomic E-state index is 6.05. The zero-order valence-corrected chi connectivity index (χ0v) is 13.2. The molecule has 2 heterocycles. The minimum absolute atomic E-state index is 0.310. The van der Waals surface area contributed by atoms with Crippen molar-refractivity contribution in [1.29, 1.82) is 0 Å². The summed E-state index contributed by atoms with van der Waals surface area (Å²) in [5.74, 6) is 0.682. The Morgan fingerprint density at radius 3 is 2.58 bits per heavy atom.